The summed E-state index contributed by atoms with van der Waals surface area (Å²) in [5, 5.41) is 31.9. The zero-order valence-electron chi connectivity index (χ0n) is 12.7. The Bertz CT molecular complexity index is 673. The number of carbonyl (C=O) groups is 1. The van der Waals surface area contributed by atoms with Gasteiger partial charge in [0.25, 0.3) is 0 Å². The molecule has 0 aromatic heterocycles. The Morgan fingerprint density at radius 2 is 2.05 bits per heavy atom. The minimum absolute atomic E-state index is 0.0502. The Balaban J connectivity index is 2.02. The second kappa shape index (κ2) is 4.24. The van der Waals surface area contributed by atoms with Crippen LogP contribution in [0.15, 0.2) is 12.1 Å². The van der Waals surface area contributed by atoms with E-state index in [1.807, 2.05) is 13.1 Å². The smallest absolute Gasteiger partial charge is 0.161 e. The molecule has 3 N–H and O–H groups in total. The lowest BCUT2D eigenvalue weighted by atomic mass is 9.49. The summed E-state index contributed by atoms with van der Waals surface area (Å²) in [7, 11) is 2.01. The van der Waals surface area contributed by atoms with E-state index in [4.69, 9.17) is 0 Å². The first-order valence-corrected chi connectivity index (χ1v) is 7.88. The van der Waals surface area contributed by atoms with Gasteiger partial charge in [-0.3, -0.25) is 4.79 Å². The van der Waals surface area contributed by atoms with Gasteiger partial charge in [0.1, 0.15) is 5.78 Å². The predicted octanol–water partition coefficient (Wildman–Crippen LogP) is 1.08. The number of hydrogen-bond acceptors (Lipinski definition) is 5. The topological polar surface area (TPSA) is 81.0 Å². The predicted molar refractivity (Wildman–Crippen MR) is 80.0 cm³/mol. The fourth-order valence-electron chi connectivity index (χ4n) is 5.11. The van der Waals surface area contributed by atoms with Crippen molar-refractivity contribution in [1.82, 2.24) is 4.90 Å². The number of piperidine rings is 1. The summed E-state index contributed by atoms with van der Waals surface area (Å²) in [4.78, 5) is 14.3. The summed E-state index contributed by atoms with van der Waals surface area (Å²) in [6.07, 6.45) is 2.31. The molecular formula is C17H21NO4. The Hall–Kier alpha value is -1.59. The molecule has 2 aliphatic carbocycles. The molecule has 118 valence electrons. The van der Waals surface area contributed by atoms with Crippen molar-refractivity contribution < 1.29 is 20.1 Å². The number of carbonyl (C=O) groups excluding carboxylic acids is 1. The van der Waals surface area contributed by atoms with Crippen molar-refractivity contribution in [3.05, 3.63) is 23.3 Å². The number of ketones is 1. The first-order chi connectivity index (χ1) is 10.4. The highest BCUT2D eigenvalue weighted by Crippen LogP contribution is 2.60. The van der Waals surface area contributed by atoms with Gasteiger partial charge >= 0.3 is 0 Å². The number of likely N-dealkylation sites (tertiary alicyclic amines) is 1. The molecule has 2 bridgehead atoms. The molecule has 5 heteroatoms. The third-order valence-corrected chi connectivity index (χ3v) is 6.22. The molecule has 4 rings (SSSR count). The van der Waals surface area contributed by atoms with Crippen LogP contribution in [-0.2, 0) is 16.6 Å². The summed E-state index contributed by atoms with van der Waals surface area (Å²) in [6.45, 7) is 0.773. The van der Waals surface area contributed by atoms with Crippen molar-refractivity contribution in [2.45, 2.75) is 49.2 Å². The molecule has 1 saturated heterocycles. The minimum Gasteiger partial charge on any atom is -0.504 e. The molecular weight excluding hydrogens is 282 g/mol. The van der Waals surface area contributed by atoms with Crippen molar-refractivity contribution in [1.29, 1.82) is 0 Å². The highest BCUT2D eigenvalue weighted by atomic mass is 16.3. The quantitative estimate of drug-likeness (QED) is 0.625. The van der Waals surface area contributed by atoms with Crippen molar-refractivity contribution >= 4 is 5.78 Å². The van der Waals surface area contributed by atoms with Crippen molar-refractivity contribution in [3.8, 4) is 11.5 Å². The number of aliphatic hydroxyl groups is 1. The molecule has 2 fully saturated rings. The second-order valence-electron chi connectivity index (χ2n) is 7.14. The highest BCUT2D eigenvalue weighted by Gasteiger charge is 2.65. The standard InChI is InChI=1S/C17H21NO4/c1-18-7-6-16-9-11(19)4-5-17(16,22)13(18)8-10-2-3-12(20)15(21)14(10)16/h2-3,13,20-22H,4-9H2,1H3/t13?,16-,17?/m1/s1. The second-order valence-corrected chi connectivity index (χ2v) is 7.14. The van der Waals surface area contributed by atoms with E-state index in [0.29, 0.717) is 31.2 Å². The maximum atomic E-state index is 12.2. The minimum atomic E-state index is -1.02. The molecule has 3 aliphatic rings. The van der Waals surface area contributed by atoms with Crippen molar-refractivity contribution in [2.24, 2.45) is 0 Å². The van der Waals surface area contributed by atoms with E-state index in [9.17, 15) is 20.1 Å². The molecule has 1 aliphatic heterocycles. The number of Topliss-reactive ketones (excluding diaryl/α,β-unsaturated/α-hetero) is 1. The zero-order chi connectivity index (χ0) is 15.7. The van der Waals surface area contributed by atoms with Gasteiger partial charge in [-0.2, -0.15) is 0 Å². The van der Waals surface area contributed by atoms with E-state index < -0.39 is 11.0 Å². The number of phenolic OH excluding ortho intramolecular Hbond substituents is 2. The summed E-state index contributed by atoms with van der Waals surface area (Å²) < 4.78 is 0. The molecule has 5 nitrogen and oxygen atoms in total. The summed E-state index contributed by atoms with van der Waals surface area (Å²) >= 11 is 0. The molecule has 0 amide bonds. The molecule has 22 heavy (non-hydrogen) atoms. The summed E-state index contributed by atoms with van der Waals surface area (Å²) in [5.41, 5.74) is -0.249. The molecule has 1 heterocycles. The maximum absolute atomic E-state index is 12.2. The van der Waals surface area contributed by atoms with Crippen LogP contribution in [-0.4, -0.2) is 51.2 Å². The van der Waals surface area contributed by atoms with Gasteiger partial charge in [0.15, 0.2) is 11.5 Å². The van der Waals surface area contributed by atoms with Gasteiger partial charge < -0.3 is 20.2 Å². The third-order valence-electron chi connectivity index (χ3n) is 6.22. The Labute approximate surface area is 129 Å². The van der Waals surface area contributed by atoms with Crippen molar-refractivity contribution in [2.75, 3.05) is 13.6 Å². The fraction of sp³-hybridized carbons (Fsp3) is 0.588. The molecule has 2 unspecified atom stereocenters. The zero-order valence-corrected chi connectivity index (χ0v) is 12.7. The van der Waals surface area contributed by atoms with Crippen molar-refractivity contribution in [3.63, 3.8) is 0 Å². The van der Waals surface area contributed by atoms with Gasteiger partial charge in [0.05, 0.1) is 5.60 Å². The lowest BCUT2D eigenvalue weighted by Crippen LogP contribution is -2.72. The number of fused-ring (bicyclic) bond motifs is 1. The van der Waals surface area contributed by atoms with E-state index in [2.05, 4.69) is 4.90 Å². The number of hydrogen-bond donors (Lipinski definition) is 3. The molecule has 1 saturated carbocycles. The normalized spacial score (nSPS) is 37.5. The number of rotatable bonds is 0. The van der Waals surface area contributed by atoms with Crippen LogP contribution >= 0.6 is 0 Å². The van der Waals surface area contributed by atoms with Crippen LogP contribution in [0.5, 0.6) is 11.5 Å². The molecule has 1 aromatic rings. The van der Waals surface area contributed by atoms with Gasteiger partial charge in [-0.25, -0.2) is 0 Å². The van der Waals surface area contributed by atoms with E-state index in [-0.39, 0.29) is 29.7 Å². The largest absolute Gasteiger partial charge is 0.504 e. The first-order valence-electron chi connectivity index (χ1n) is 7.88. The monoisotopic (exact) mass is 303 g/mol. The molecule has 3 atom stereocenters. The fourth-order valence-corrected chi connectivity index (χ4v) is 5.11. The van der Waals surface area contributed by atoms with Crippen LogP contribution < -0.4 is 0 Å². The van der Waals surface area contributed by atoms with Gasteiger partial charge in [0, 0.05) is 29.9 Å². The SMILES string of the molecule is CN1CC[C@]23CC(=O)CCC2(O)C1Cc1ccc(O)c(O)c13. The number of nitrogens with zero attached hydrogens (tertiary/aromatic N) is 1. The van der Waals surface area contributed by atoms with Gasteiger partial charge in [-0.05, 0) is 44.5 Å². The number of likely N-dealkylation sites (N-methyl/N-ethyl adjacent to an activating group) is 1. The van der Waals surface area contributed by atoms with E-state index in [0.717, 1.165) is 12.1 Å². The Kier molecular flexibility index (Phi) is 2.70. The number of benzene rings is 1. The summed E-state index contributed by atoms with van der Waals surface area (Å²) in [6, 6.07) is 3.26. The number of aromatic hydroxyl groups is 2. The van der Waals surface area contributed by atoms with Crippen LogP contribution in [0.2, 0.25) is 0 Å². The molecule has 0 spiro atoms. The lowest BCUT2D eigenvalue weighted by Gasteiger charge is -2.62. The lowest BCUT2D eigenvalue weighted by molar-refractivity contribution is -0.169. The van der Waals surface area contributed by atoms with Crippen LogP contribution in [0.4, 0.5) is 0 Å². The van der Waals surface area contributed by atoms with Gasteiger partial charge in [0.2, 0.25) is 0 Å². The first kappa shape index (κ1) is 14.0. The highest BCUT2D eigenvalue weighted by molar-refractivity contribution is 5.83. The average Bonchev–Trinajstić information content (AvgIpc) is 2.47. The van der Waals surface area contributed by atoms with Gasteiger partial charge in [-0.15, -0.1) is 0 Å². The Morgan fingerprint density at radius 3 is 2.82 bits per heavy atom. The molecule has 1 aromatic carbocycles. The third kappa shape index (κ3) is 1.48. The van der Waals surface area contributed by atoms with E-state index in [1.165, 1.54) is 6.07 Å². The van der Waals surface area contributed by atoms with E-state index in [1.54, 1.807) is 0 Å². The van der Waals surface area contributed by atoms with Gasteiger partial charge in [-0.1, -0.05) is 6.07 Å². The van der Waals surface area contributed by atoms with Crippen LogP contribution in [0.3, 0.4) is 0 Å². The maximum Gasteiger partial charge on any atom is 0.161 e. The number of phenols is 2. The Morgan fingerprint density at radius 1 is 1.27 bits per heavy atom. The van der Waals surface area contributed by atoms with Crippen LogP contribution in [0, 0.1) is 0 Å². The van der Waals surface area contributed by atoms with E-state index >= 15 is 0 Å². The summed E-state index contributed by atoms with van der Waals surface area (Å²) in [5.74, 6) is -0.205. The van der Waals surface area contributed by atoms with Crippen LogP contribution in [0.1, 0.15) is 36.8 Å². The molecule has 0 radical (unpaired) electrons. The van der Waals surface area contributed by atoms with Crippen LogP contribution in [0.25, 0.3) is 0 Å². The average molecular weight is 303 g/mol.